The van der Waals surface area contributed by atoms with Crippen LogP contribution in [0, 0.1) is 24.0 Å². The number of nitrogens with zero attached hydrogens (tertiary/aromatic N) is 3. The average Bonchev–Trinajstić information content (AvgIpc) is 1.70. The first-order valence-electron chi connectivity index (χ1n) is 32.0. The van der Waals surface area contributed by atoms with Crippen molar-refractivity contribution in [3.05, 3.63) is 355 Å². The Labute approximate surface area is 642 Å². The van der Waals surface area contributed by atoms with E-state index in [0.717, 1.165) is 46.6 Å². The molecule has 0 bridgehead atoms. The lowest BCUT2D eigenvalue weighted by Gasteiger charge is -2.03. The van der Waals surface area contributed by atoms with Crippen molar-refractivity contribution >= 4 is 88.7 Å². The molecule has 1 aliphatic carbocycles. The molecule has 1 aromatic heterocycles. The average molecular weight is 1510 g/mol. The molecule has 12 rings (SSSR count). The molecule has 1 aliphatic heterocycles. The molecule has 2 heterocycles. The minimum Gasteiger partial charge on any atom is -0.369 e. The standard InChI is InChI=1S/C14H11NO2.C9H9NO2.C9H6O2.3C8H9NO.C7H6N2O3.C7H7NO.C6H6N2O.C5H6N2O.3CH4/c15-14(17)13-3-1-2-12(8-13)11-6-4-10(9-16)5-7-11;1-6(11)7-2-4-8(5-3-7)9(10)12;10-8-5-9(11)7-4-2-1-3-6(7)8;2*1-6-2-4-7(5-3-6)8(9)10;9-8(10)6-7-4-2-1-3-5-7;8-7(10)5-2-1-3-6(4-5)9(11)12;8-7(9)6-4-2-1-3-5-6;7-6(9)5-3-1-2-4-8-5;6-5(8)4-2-1-3-7-4;;;/h1-9H,(H2,15,17);2-5H,1H3,(H2,10,12);1-4H,5H2;2*2-5H,1H3,(H2,9,10);1-5H,6H2,(H2,9,10);1-4H,(H2,8,10);1-5H,(H2,8,9);1-4H,(H2,7,9);2-3H,1H2,(H2,6,8);3*1H4. The van der Waals surface area contributed by atoms with Crippen molar-refractivity contribution in [1.82, 2.24) is 4.98 Å². The number of primary amides is 9. The third-order valence-electron chi connectivity index (χ3n) is 14.1. The number of ketones is 3. The molecule has 0 saturated carbocycles. The number of aromatic nitrogens is 1. The number of allylic oxidation sites excluding steroid dienone is 1. The maximum atomic E-state index is 11.1. The first-order valence-corrected chi connectivity index (χ1v) is 32.0. The van der Waals surface area contributed by atoms with Crippen LogP contribution >= 0.6 is 0 Å². The van der Waals surface area contributed by atoms with E-state index in [1.54, 1.807) is 158 Å². The van der Waals surface area contributed by atoms with Gasteiger partial charge in [-0.1, -0.05) is 191 Å². The van der Waals surface area contributed by atoms with Gasteiger partial charge >= 0.3 is 0 Å². The summed E-state index contributed by atoms with van der Waals surface area (Å²) in [6.45, 7) is 5.40. The Bertz CT molecular complexity index is 4630. The number of nitrogens with two attached hydrogens (primary N) is 9. The summed E-state index contributed by atoms with van der Waals surface area (Å²) >= 11 is 0. The number of amides is 9. The molecule has 576 valence electrons. The first-order chi connectivity index (χ1) is 51.3. The van der Waals surface area contributed by atoms with Gasteiger partial charge in [0, 0.05) is 86.6 Å². The van der Waals surface area contributed by atoms with Crippen molar-refractivity contribution in [2.24, 2.45) is 56.6 Å². The predicted octanol–water partition coefficient (Wildman–Crippen LogP) is 11.0. The third-order valence-corrected chi connectivity index (χ3v) is 14.1. The highest BCUT2D eigenvalue weighted by Gasteiger charge is 2.26. The molecule has 10 aromatic rings. The zero-order chi connectivity index (χ0) is 80.3. The van der Waals surface area contributed by atoms with Crippen molar-refractivity contribution in [1.29, 1.82) is 0 Å². The molecule has 27 heteroatoms. The number of hydrogen-bond acceptors (Lipinski definition) is 17. The van der Waals surface area contributed by atoms with Crippen molar-refractivity contribution < 1.29 is 67.3 Å². The summed E-state index contributed by atoms with van der Waals surface area (Å²) in [6, 6.07) is 70.2. The molecule has 0 saturated heterocycles. The fourth-order valence-corrected chi connectivity index (χ4v) is 8.43. The number of pyridine rings is 1. The minimum atomic E-state index is -0.668. The molecule has 0 spiro atoms. The van der Waals surface area contributed by atoms with Gasteiger partial charge in [-0.3, -0.25) is 82.4 Å². The lowest BCUT2D eigenvalue weighted by atomic mass is 10.0. The van der Waals surface area contributed by atoms with Gasteiger partial charge < -0.3 is 51.6 Å². The fourth-order valence-electron chi connectivity index (χ4n) is 8.43. The van der Waals surface area contributed by atoms with Crippen LogP contribution in [0.2, 0.25) is 0 Å². The van der Waals surface area contributed by atoms with E-state index in [-0.39, 0.29) is 80.9 Å². The second-order valence-corrected chi connectivity index (χ2v) is 22.3. The number of non-ortho nitro benzene ring substituents is 1. The number of hydrogen-bond donors (Lipinski definition) is 9. The van der Waals surface area contributed by atoms with E-state index in [1.807, 2.05) is 92.7 Å². The largest absolute Gasteiger partial charge is 0.369 e. The van der Waals surface area contributed by atoms with Crippen molar-refractivity contribution in [3.63, 3.8) is 0 Å². The van der Waals surface area contributed by atoms with Crippen LogP contribution < -0.4 is 51.6 Å². The van der Waals surface area contributed by atoms with Crippen molar-refractivity contribution in [3.8, 4) is 11.1 Å². The number of aldehydes is 1. The molecule has 0 unspecified atom stereocenters. The molecular weight excluding hydrogens is 1420 g/mol. The zero-order valence-corrected chi connectivity index (χ0v) is 58.8. The Balaban J connectivity index is 0.00000122. The van der Waals surface area contributed by atoms with Gasteiger partial charge in [-0.05, 0) is 122 Å². The summed E-state index contributed by atoms with van der Waals surface area (Å²) < 4.78 is 0. The number of nitro benzene ring substituents is 1. The fraction of sp³-hybridized carbons (Fsp3) is 0.107. The van der Waals surface area contributed by atoms with Crippen LogP contribution in [0.4, 0.5) is 5.69 Å². The van der Waals surface area contributed by atoms with E-state index in [1.165, 1.54) is 31.3 Å². The smallest absolute Gasteiger partial charge is 0.270 e. The Kier molecular flexibility index (Phi) is 44.1. The molecule has 0 atom stereocenters. The number of aliphatic imine (C=N–C) groups is 1. The van der Waals surface area contributed by atoms with E-state index < -0.39 is 34.5 Å². The third kappa shape index (κ3) is 36.9. The Morgan fingerprint density at radius 1 is 0.423 bits per heavy atom. The van der Waals surface area contributed by atoms with Gasteiger partial charge in [0.1, 0.15) is 17.7 Å². The summed E-state index contributed by atoms with van der Waals surface area (Å²) in [5.41, 5.74) is 55.7. The normalized spacial score (nSPS) is 10.2. The van der Waals surface area contributed by atoms with E-state index in [0.29, 0.717) is 67.9 Å². The number of aryl methyl sites for hydroxylation is 2. The molecule has 2 aliphatic rings. The summed E-state index contributed by atoms with van der Waals surface area (Å²) in [7, 11) is 0. The predicted molar refractivity (Wildman–Crippen MR) is 429 cm³/mol. The molecule has 27 nitrogen and oxygen atoms in total. The van der Waals surface area contributed by atoms with E-state index in [2.05, 4.69) is 9.98 Å². The van der Waals surface area contributed by atoms with Gasteiger partial charge in [0.15, 0.2) is 17.3 Å². The second kappa shape index (κ2) is 51.1. The topological polar surface area (TPSA) is 524 Å². The zero-order valence-electron chi connectivity index (χ0n) is 58.8. The van der Waals surface area contributed by atoms with Gasteiger partial charge in [-0.25, -0.2) is 0 Å². The quantitative estimate of drug-likeness (QED) is 0.0161. The van der Waals surface area contributed by atoms with E-state index in [9.17, 15) is 72.4 Å². The van der Waals surface area contributed by atoms with Crippen LogP contribution in [0.3, 0.4) is 0 Å². The van der Waals surface area contributed by atoms with Crippen molar-refractivity contribution in [2.45, 2.75) is 62.3 Å². The highest BCUT2D eigenvalue weighted by atomic mass is 16.6. The summed E-state index contributed by atoms with van der Waals surface area (Å²) in [6.07, 6.45) is 6.80. The highest BCUT2D eigenvalue weighted by molar-refractivity contribution is 6.24. The Morgan fingerprint density at radius 3 is 1.17 bits per heavy atom. The molecule has 9 aromatic carbocycles. The SMILES string of the molecule is C.C.C.CC(=O)c1ccc(C(N)=O)cc1.Cc1ccc(C(N)=O)cc1.Cc1ccc(C(N)=O)cc1.NC(=O)C1=CCC=N1.NC(=O)Cc1ccccc1.NC(=O)c1cccc(-c2ccc(C=O)cc2)c1.NC(=O)c1cccc([N+](=O)[O-])c1.NC(=O)c1ccccc1.NC(=O)c1ccccn1.O=C1CC(=O)c2ccccc21. The van der Waals surface area contributed by atoms with Gasteiger partial charge in [0.2, 0.25) is 41.4 Å². The molecule has 9 amide bonds. The number of nitro groups is 1. The maximum Gasteiger partial charge on any atom is 0.270 e. The second-order valence-electron chi connectivity index (χ2n) is 22.3. The number of carbonyl (C=O) groups excluding carboxylic acids is 13. The number of carbonyl (C=O) groups is 13. The molecule has 0 radical (unpaired) electrons. The van der Waals surface area contributed by atoms with Crippen LogP contribution in [0.5, 0.6) is 0 Å². The van der Waals surface area contributed by atoms with Gasteiger partial charge in [0.05, 0.1) is 17.8 Å². The van der Waals surface area contributed by atoms with Crippen LogP contribution in [0.15, 0.2) is 272 Å². The molecular formula is C84H90N12O15. The lowest BCUT2D eigenvalue weighted by Crippen LogP contribution is -2.13. The maximum absolute atomic E-state index is 11.1. The Morgan fingerprint density at radius 2 is 0.820 bits per heavy atom. The van der Waals surface area contributed by atoms with Crippen LogP contribution in [-0.4, -0.2) is 92.9 Å². The summed E-state index contributed by atoms with van der Waals surface area (Å²) in [4.78, 5) is 155. The monoisotopic (exact) mass is 1510 g/mol. The van der Waals surface area contributed by atoms with Gasteiger partial charge in [-0.15, -0.1) is 0 Å². The van der Waals surface area contributed by atoms with E-state index in [4.69, 9.17) is 51.6 Å². The minimum absolute atomic E-state index is 0. The van der Waals surface area contributed by atoms with Gasteiger partial charge in [-0.2, -0.15) is 0 Å². The molecule has 0 fully saturated rings. The van der Waals surface area contributed by atoms with Crippen LogP contribution in [-0.2, 0) is 16.0 Å². The number of benzene rings is 9. The van der Waals surface area contributed by atoms with Crippen molar-refractivity contribution in [2.75, 3.05) is 0 Å². The first kappa shape index (κ1) is 95.8. The highest BCUT2D eigenvalue weighted by Crippen LogP contribution is 2.22. The molecule has 111 heavy (non-hydrogen) atoms. The Hall–Kier alpha value is -15.2. The number of Topliss-reactive ketones (excluding diaryl/α,β-unsaturated/α-hetero) is 3. The summed E-state index contributed by atoms with van der Waals surface area (Å²) in [5, 5.41) is 10.2. The number of rotatable bonds is 14. The summed E-state index contributed by atoms with van der Waals surface area (Å²) in [5.74, 6) is -4.07. The lowest BCUT2D eigenvalue weighted by molar-refractivity contribution is -0.384. The van der Waals surface area contributed by atoms with E-state index >= 15 is 0 Å². The van der Waals surface area contributed by atoms with Gasteiger partial charge in [0.25, 0.3) is 17.5 Å². The van der Waals surface area contributed by atoms with Crippen LogP contribution in [0.1, 0.15) is 173 Å². The molecule has 18 N–H and O–H groups in total. The number of fused-ring (bicyclic) bond motifs is 1. The van der Waals surface area contributed by atoms with Crippen LogP contribution in [0.25, 0.3) is 11.1 Å².